The average molecular weight is 283 g/mol. The zero-order chi connectivity index (χ0) is 11.5. The number of rotatable bonds is 3. The first-order valence-electron chi connectivity index (χ1n) is 4.32. The molecule has 84 valence electrons. The van der Waals surface area contributed by atoms with E-state index in [9.17, 15) is 13.2 Å². The van der Waals surface area contributed by atoms with Gasteiger partial charge in [-0.05, 0) is 24.6 Å². The molecule has 1 nitrogen and oxygen atoms in total. The van der Waals surface area contributed by atoms with Crippen molar-refractivity contribution in [1.29, 1.82) is 0 Å². The number of ether oxygens (including phenoxy) is 1. The number of benzene rings is 1. The third-order valence-corrected chi connectivity index (χ3v) is 2.27. The molecule has 0 saturated heterocycles. The molecule has 0 fully saturated rings. The largest absolute Gasteiger partial charge is 0.484 e. The molecule has 0 bridgehead atoms. The smallest absolute Gasteiger partial charge is 0.422 e. The summed E-state index contributed by atoms with van der Waals surface area (Å²) < 4.78 is 40.0. The van der Waals surface area contributed by atoms with E-state index in [1.54, 1.807) is 12.1 Å². The maximum atomic E-state index is 11.8. The molecule has 1 rings (SSSR count). The van der Waals surface area contributed by atoms with Crippen molar-refractivity contribution in [3.63, 3.8) is 0 Å². The van der Waals surface area contributed by atoms with Crippen LogP contribution < -0.4 is 4.74 Å². The first kappa shape index (κ1) is 12.4. The van der Waals surface area contributed by atoms with Crippen LogP contribution in [0.2, 0.25) is 0 Å². The second kappa shape index (κ2) is 4.88. The van der Waals surface area contributed by atoms with Crippen molar-refractivity contribution in [1.82, 2.24) is 0 Å². The van der Waals surface area contributed by atoms with E-state index in [-0.39, 0.29) is 10.6 Å². The van der Waals surface area contributed by atoms with Crippen LogP contribution in [0.4, 0.5) is 13.2 Å². The van der Waals surface area contributed by atoms with Crippen molar-refractivity contribution in [3.8, 4) is 5.75 Å². The van der Waals surface area contributed by atoms with Crippen LogP contribution in [-0.4, -0.2) is 12.8 Å². The SMILES string of the molecule is CC(Br)c1ccc(OCC(F)(F)F)cc1. The highest BCUT2D eigenvalue weighted by Crippen LogP contribution is 2.24. The number of hydrogen-bond donors (Lipinski definition) is 0. The number of hydrogen-bond acceptors (Lipinski definition) is 1. The molecule has 1 aromatic rings. The molecule has 0 saturated carbocycles. The van der Waals surface area contributed by atoms with E-state index in [0.717, 1.165) is 5.56 Å². The van der Waals surface area contributed by atoms with Crippen LogP contribution in [0.25, 0.3) is 0 Å². The highest BCUT2D eigenvalue weighted by Gasteiger charge is 2.28. The number of halogens is 4. The maximum Gasteiger partial charge on any atom is 0.422 e. The molecule has 1 unspecified atom stereocenters. The molecule has 0 aliphatic rings. The van der Waals surface area contributed by atoms with Crippen LogP contribution in [0, 0.1) is 0 Å². The molecule has 0 radical (unpaired) electrons. The molecule has 1 aromatic carbocycles. The molecule has 0 spiro atoms. The van der Waals surface area contributed by atoms with Crippen LogP contribution in [0.3, 0.4) is 0 Å². The van der Waals surface area contributed by atoms with Crippen LogP contribution >= 0.6 is 15.9 Å². The average Bonchev–Trinajstić information content (AvgIpc) is 2.14. The van der Waals surface area contributed by atoms with Gasteiger partial charge >= 0.3 is 6.18 Å². The Morgan fingerprint density at radius 2 is 1.80 bits per heavy atom. The Hall–Kier alpha value is -0.710. The van der Waals surface area contributed by atoms with Crippen LogP contribution in [0.1, 0.15) is 17.3 Å². The van der Waals surface area contributed by atoms with Gasteiger partial charge in [-0.3, -0.25) is 0 Å². The summed E-state index contributed by atoms with van der Waals surface area (Å²) in [5.41, 5.74) is 0.995. The van der Waals surface area contributed by atoms with Gasteiger partial charge < -0.3 is 4.74 Å². The first-order valence-corrected chi connectivity index (χ1v) is 5.23. The fraction of sp³-hybridized carbons (Fsp3) is 0.400. The Labute approximate surface area is 94.4 Å². The first-order chi connectivity index (χ1) is 6.88. The Morgan fingerprint density at radius 3 is 2.20 bits per heavy atom. The van der Waals surface area contributed by atoms with Crippen molar-refractivity contribution in [2.75, 3.05) is 6.61 Å². The lowest BCUT2D eigenvalue weighted by molar-refractivity contribution is -0.153. The van der Waals surface area contributed by atoms with Gasteiger partial charge in [-0.15, -0.1) is 0 Å². The lowest BCUT2D eigenvalue weighted by atomic mass is 10.2. The highest BCUT2D eigenvalue weighted by atomic mass is 79.9. The lowest BCUT2D eigenvalue weighted by Gasteiger charge is -2.10. The van der Waals surface area contributed by atoms with E-state index >= 15 is 0 Å². The molecule has 0 amide bonds. The third-order valence-electron chi connectivity index (χ3n) is 1.74. The molecule has 0 aromatic heterocycles. The van der Waals surface area contributed by atoms with Crippen molar-refractivity contribution >= 4 is 15.9 Å². The van der Waals surface area contributed by atoms with E-state index in [1.165, 1.54) is 12.1 Å². The van der Waals surface area contributed by atoms with Gasteiger partial charge in [-0.1, -0.05) is 28.1 Å². The van der Waals surface area contributed by atoms with Gasteiger partial charge in [0.1, 0.15) is 5.75 Å². The van der Waals surface area contributed by atoms with Crippen molar-refractivity contribution in [2.45, 2.75) is 17.9 Å². The topological polar surface area (TPSA) is 9.23 Å². The summed E-state index contributed by atoms with van der Waals surface area (Å²) in [6.45, 7) is 0.682. The van der Waals surface area contributed by atoms with Gasteiger partial charge in [0.05, 0.1) is 0 Å². The van der Waals surface area contributed by atoms with Gasteiger partial charge in [-0.25, -0.2) is 0 Å². The van der Waals surface area contributed by atoms with E-state index in [1.807, 2.05) is 6.92 Å². The highest BCUT2D eigenvalue weighted by molar-refractivity contribution is 9.09. The second-order valence-corrected chi connectivity index (χ2v) is 4.46. The monoisotopic (exact) mass is 282 g/mol. The van der Waals surface area contributed by atoms with Crippen molar-refractivity contribution in [2.24, 2.45) is 0 Å². The molecular weight excluding hydrogens is 273 g/mol. The maximum absolute atomic E-state index is 11.8. The summed E-state index contributed by atoms with van der Waals surface area (Å²) in [4.78, 5) is 0.175. The van der Waals surface area contributed by atoms with Gasteiger partial charge in [-0.2, -0.15) is 13.2 Å². The Bertz CT molecular complexity index is 305. The number of alkyl halides is 4. The standard InChI is InChI=1S/C10H10BrF3O/c1-7(11)8-2-4-9(5-3-8)15-6-10(12,13)14/h2-5,7H,6H2,1H3. The Balaban J connectivity index is 2.57. The Kier molecular flexibility index (Phi) is 4.02. The predicted octanol–water partition coefficient (Wildman–Crippen LogP) is 4.08. The van der Waals surface area contributed by atoms with E-state index in [0.29, 0.717) is 0 Å². The summed E-state index contributed by atoms with van der Waals surface area (Å²) in [5.74, 6) is 0.226. The summed E-state index contributed by atoms with van der Waals surface area (Å²) in [6, 6.07) is 6.51. The molecule has 1 atom stereocenters. The van der Waals surface area contributed by atoms with Crippen molar-refractivity contribution < 1.29 is 17.9 Å². The minimum atomic E-state index is -4.29. The fourth-order valence-electron chi connectivity index (χ4n) is 0.994. The lowest BCUT2D eigenvalue weighted by Crippen LogP contribution is -2.19. The van der Waals surface area contributed by atoms with Gasteiger partial charge in [0, 0.05) is 4.83 Å². The molecule has 0 aliphatic heterocycles. The molecular formula is C10H10BrF3O. The van der Waals surface area contributed by atoms with E-state index in [4.69, 9.17) is 0 Å². The Morgan fingerprint density at radius 1 is 1.27 bits per heavy atom. The quantitative estimate of drug-likeness (QED) is 0.759. The van der Waals surface area contributed by atoms with Gasteiger partial charge in [0.25, 0.3) is 0 Å². The van der Waals surface area contributed by atoms with Crippen LogP contribution in [-0.2, 0) is 0 Å². The van der Waals surface area contributed by atoms with Crippen molar-refractivity contribution in [3.05, 3.63) is 29.8 Å². The molecule has 0 aliphatic carbocycles. The van der Waals surface area contributed by atoms with E-state index in [2.05, 4.69) is 20.7 Å². The summed E-state index contributed by atoms with van der Waals surface area (Å²) in [6.07, 6.45) is -4.29. The molecule has 0 heterocycles. The van der Waals surface area contributed by atoms with Gasteiger partial charge in [0.15, 0.2) is 6.61 Å². The fourth-order valence-corrected chi connectivity index (χ4v) is 1.30. The molecule has 15 heavy (non-hydrogen) atoms. The zero-order valence-electron chi connectivity index (χ0n) is 8.01. The predicted molar refractivity (Wildman–Crippen MR) is 55.3 cm³/mol. The van der Waals surface area contributed by atoms with Gasteiger partial charge in [0.2, 0.25) is 0 Å². The minimum absolute atomic E-state index is 0.175. The summed E-state index contributed by atoms with van der Waals surface area (Å²) in [5, 5.41) is 0. The zero-order valence-corrected chi connectivity index (χ0v) is 9.60. The van der Waals surface area contributed by atoms with Crippen LogP contribution in [0.5, 0.6) is 5.75 Å². The molecule has 0 N–H and O–H groups in total. The summed E-state index contributed by atoms with van der Waals surface area (Å²) in [7, 11) is 0. The molecule has 5 heteroatoms. The van der Waals surface area contributed by atoms with E-state index < -0.39 is 12.8 Å². The van der Waals surface area contributed by atoms with Crippen LogP contribution in [0.15, 0.2) is 24.3 Å². The summed E-state index contributed by atoms with van der Waals surface area (Å²) >= 11 is 3.36. The second-order valence-electron chi connectivity index (χ2n) is 3.09. The third kappa shape index (κ3) is 4.55. The normalized spacial score (nSPS) is 13.7. The minimum Gasteiger partial charge on any atom is -0.484 e.